The zero-order valence-corrected chi connectivity index (χ0v) is 12.1. The highest BCUT2D eigenvalue weighted by molar-refractivity contribution is 5.50. The lowest BCUT2D eigenvalue weighted by atomic mass is 9.88. The van der Waals surface area contributed by atoms with Gasteiger partial charge in [-0.15, -0.1) is 0 Å². The Morgan fingerprint density at radius 1 is 1.09 bits per heavy atom. The van der Waals surface area contributed by atoms with Crippen LogP contribution in [0.5, 0.6) is 5.75 Å². The molecule has 6 nitrogen and oxygen atoms in total. The molecule has 1 unspecified atom stereocenters. The second-order valence-corrected chi connectivity index (χ2v) is 4.52. The summed E-state index contributed by atoms with van der Waals surface area (Å²) in [6.07, 6.45) is 7.59. The zero-order chi connectivity index (χ0) is 16.0. The minimum Gasteiger partial charge on any atom is -0.500 e. The Morgan fingerprint density at radius 2 is 1.77 bits per heavy atom. The van der Waals surface area contributed by atoms with E-state index in [9.17, 15) is 9.59 Å². The molecule has 1 aliphatic rings. The zero-order valence-electron chi connectivity index (χ0n) is 12.1. The summed E-state index contributed by atoms with van der Waals surface area (Å²) < 4.78 is 10.7. The summed E-state index contributed by atoms with van der Waals surface area (Å²) in [5.74, 6) is 0.952. The average molecular weight is 298 g/mol. The third kappa shape index (κ3) is 2.88. The van der Waals surface area contributed by atoms with Crippen LogP contribution in [0.1, 0.15) is 11.5 Å². The van der Waals surface area contributed by atoms with Crippen molar-refractivity contribution in [3.8, 4) is 5.75 Å². The maximum Gasteiger partial charge on any atom is 0.238 e. The first-order valence-corrected chi connectivity index (χ1v) is 6.46. The number of para-hydroxylation sites is 1. The van der Waals surface area contributed by atoms with Crippen LogP contribution >= 0.6 is 0 Å². The molecule has 0 radical (unpaired) electrons. The Bertz CT molecular complexity index is 693. The standard InChI is InChI=1S/C16H14N2O4/c1-21-14-6-4-3-5-12(14)13-7-8-16(17-10-19,18-11-20)9-15(13)22-2/h3-9,13H,1-2H3. The molecular weight excluding hydrogens is 284 g/mol. The second-order valence-electron chi connectivity index (χ2n) is 4.52. The van der Waals surface area contributed by atoms with Gasteiger partial charge >= 0.3 is 0 Å². The molecule has 0 heterocycles. The first-order chi connectivity index (χ1) is 10.7. The van der Waals surface area contributed by atoms with E-state index in [2.05, 4.69) is 9.98 Å². The number of isocyanates is 2. The summed E-state index contributed by atoms with van der Waals surface area (Å²) in [5.41, 5.74) is -0.569. The third-order valence-corrected chi connectivity index (χ3v) is 3.35. The van der Waals surface area contributed by atoms with Gasteiger partial charge in [0.2, 0.25) is 17.8 Å². The molecule has 0 saturated heterocycles. The molecule has 0 N–H and O–H groups in total. The molecule has 0 aliphatic heterocycles. The predicted molar refractivity (Wildman–Crippen MR) is 78.9 cm³/mol. The number of benzene rings is 1. The topological polar surface area (TPSA) is 77.3 Å². The van der Waals surface area contributed by atoms with Crippen molar-refractivity contribution in [2.45, 2.75) is 11.6 Å². The van der Waals surface area contributed by atoms with Gasteiger partial charge in [-0.05, 0) is 12.1 Å². The molecule has 1 aliphatic carbocycles. The summed E-state index contributed by atoms with van der Waals surface area (Å²) in [4.78, 5) is 28.3. The summed E-state index contributed by atoms with van der Waals surface area (Å²) in [5, 5.41) is 0. The van der Waals surface area contributed by atoms with E-state index in [1.807, 2.05) is 24.3 Å². The second kappa shape index (κ2) is 6.68. The molecule has 0 fully saturated rings. The van der Waals surface area contributed by atoms with Crippen molar-refractivity contribution < 1.29 is 19.1 Å². The number of rotatable bonds is 5. The van der Waals surface area contributed by atoms with Crippen LogP contribution in [0, 0.1) is 0 Å². The van der Waals surface area contributed by atoms with Gasteiger partial charge in [0.05, 0.1) is 20.1 Å². The highest BCUT2D eigenvalue weighted by Crippen LogP contribution is 2.38. The van der Waals surface area contributed by atoms with Gasteiger partial charge in [0.1, 0.15) is 11.5 Å². The SMILES string of the molecule is COC1=CC(N=C=O)(N=C=O)C=CC1c1ccccc1OC. The molecule has 0 bridgehead atoms. The van der Waals surface area contributed by atoms with Crippen LogP contribution in [0.4, 0.5) is 0 Å². The first-order valence-electron chi connectivity index (χ1n) is 6.46. The number of allylic oxidation sites excluding steroid dienone is 1. The quantitative estimate of drug-likeness (QED) is 0.474. The molecule has 1 aromatic carbocycles. The van der Waals surface area contributed by atoms with Crippen molar-refractivity contribution >= 4 is 12.2 Å². The fourth-order valence-electron chi connectivity index (χ4n) is 2.36. The van der Waals surface area contributed by atoms with Gasteiger partial charge in [0.25, 0.3) is 0 Å². The third-order valence-electron chi connectivity index (χ3n) is 3.35. The lowest BCUT2D eigenvalue weighted by Gasteiger charge is -2.26. The van der Waals surface area contributed by atoms with Gasteiger partial charge < -0.3 is 9.47 Å². The number of ether oxygens (including phenoxy) is 2. The van der Waals surface area contributed by atoms with Crippen molar-refractivity contribution in [2.75, 3.05) is 14.2 Å². The van der Waals surface area contributed by atoms with Crippen LogP contribution in [0.25, 0.3) is 0 Å². The van der Waals surface area contributed by atoms with E-state index in [1.54, 1.807) is 13.2 Å². The summed E-state index contributed by atoms with van der Waals surface area (Å²) in [6.45, 7) is 0. The Morgan fingerprint density at radius 3 is 2.36 bits per heavy atom. The molecule has 0 aromatic heterocycles. The number of hydrogen-bond donors (Lipinski definition) is 0. The number of hydrogen-bond acceptors (Lipinski definition) is 6. The minimum atomic E-state index is -1.45. The van der Waals surface area contributed by atoms with Crippen molar-refractivity contribution in [1.29, 1.82) is 0 Å². The van der Waals surface area contributed by atoms with Crippen LogP contribution in [0.3, 0.4) is 0 Å². The fraction of sp³-hybridized carbons (Fsp3) is 0.250. The number of nitrogens with zero attached hydrogens (tertiary/aromatic N) is 2. The Hall–Kier alpha value is -2.94. The Balaban J connectivity index is 2.52. The van der Waals surface area contributed by atoms with Crippen molar-refractivity contribution in [3.05, 3.63) is 53.8 Å². The number of aliphatic imine (C=N–C) groups is 2. The Labute approximate surface area is 127 Å². The van der Waals surface area contributed by atoms with E-state index >= 15 is 0 Å². The molecule has 0 amide bonds. The van der Waals surface area contributed by atoms with Crippen LogP contribution in [0.15, 0.2) is 58.2 Å². The highest BCUT2D eigenvalue weighted by Gasteiger charge is 2.32. The van der Waals surface area contributed by atoms with Crippen LogP contribution < -0.4 is 4.74 Å². The van der Waals surface area contributed by atoms with E-state index in [0.717, 1.165) is 5.56 Å². The molecule has 1 atom stereocenters. The largest absolute Gasteiger partial charge is 0.500 e. The van der Waals surface area contributed by atoms with E-state index in [4.69, 9.17) is 9.47 Å². The molecular formula is C16H14N2O4. The first kappa shape index (κ1) is 15.4. The number of methoxy groups -OCH3 is 2. The summed E-state index contributed by atoms with van der Waals surface area (Å²) >= 11 is 0. The molecule has 0 spiro atoms. The van der Waals surface area contributed by atoms with Gasteiger partial charge in [-0.3, -0.25) is 0 Å². The van der Waals surface area contributed by atoms with E-state index in [-0.39, 0.29) is 5.92 Å². The van der Waals surface area contributed by atoms with Gasteiger partial charge in [0.15, 0.2) is 0 Å². The lowest BCUT2D eigenvalue weighted by molar-refractivity contribution is 0.265. The normalized spacial score (nSPS) is 22.8. The minimum absolute atomic E-state index is 0.238. The monoisotopic (exact) mass is 298 g/mol. The Kier molecular flexibility index (Phi) is 4.69. The van der Waals surface area contributed by atoms with Crippen LogP contribution in [0.2, 0.25) is 0 Å². The molecule has 2 rings (SSSR count). The summed E-state index contributed by atoms with van der Waals surface area (Å²) in [6, 6.07) is 7.49. The average Bonchev–Trinajstić information content (AvgIpc) is 2.55. The van der Waals surface area contributed by atoms with Crippen molar-refractivity contribution in [1.82, 2.24) is 0 Å². The van der Waals surface area contributed by atoms with Gasteiger partial charge in [-0.25, -0.2) is 9.59 Å². The van der Waals surface area contributed by atoms with E-state index in [1.165, 1.54) is 31.4 Å². The highest BCUT2D eigenvalue weighted by atomic mass is 16.5. The van der Waals surface area contributed by atoms with E-state index < -0.39 is 5.66 Å². The smallest absolute Gasteiger partial charge is 0.238 e. The number of carbonyl (C=O) groups excluding carboxylic acids is 2. The van der Waals surface area contributed by atoms with Gasteiger partial charge in [0, 0.05) is 11.6 Å². The molecule has 22 heavy (non-hydrogen) atoms. The lowest BCUT2D eigenvalue weighted by Crippen LogP contribution is -2.23. The van der Waals surface area contributed by atoms with Crippen LogP contribution in [-0.2, 0) is 14.3 Å². The molecule has 1 aromatic rings. The predicted octanol–water partition coefficient (Wildman–Crippen LogP) is 2.25. The van der Waals surface area contributed by atoms with Crippen molar-refractivity contribution in [3.63, 3.8) is 0 Å². The maximum absolute atomic E-state index is 10.6. The van der Waals surface area contributed by atoms with Crippen molar-refractivity contribution in [2.24, 2.45) is 9.98 Å². The fourth-order valence-corrected chi connectivity index (χ4v) is 2.36. The molecule has 112 valence electrons. The van der Waals surface area contributed by atoms with Gasteiger partial charge in [-0.2, -0.15) is 9.98 Å². The molecule has 0 saturated carbocycles. The van der Waals surface area contributed by atoms with Crippen LogP contribution in [-0.4, -0.2) is 32.0 Å². The molecule has 6 heteroatoms. The van der Waals surface area contributed by atoms with E-state index in [0.29, 0.717) is 11.5 Å². The van der Waals surface area contributed by atoms with Gasteiger partial charge in [-0.1, -0.05) is 24.3 Å². The summed E-state index contributed by atoms with van der Waals surface area (Å²) in [7, 11) is 3.08. The maximum atomic E-state index is 10.6.